The van der Waals surface area contributed by atoms with Crippen molar-refractivity contribution in [3.05, 3.63) is 35.2 Å². The maximum Gasteiger partial charge on any atom is 0.0992 e. The van der Waals surface area contributed by atoms with Crippen molar-refractivity contribution in [1.29, 1.82) is 0 Å². The molecular weight excluding hydrogens is 218 g/mol. The Hall–Kier alpha value is -0.900. The zero-order valence-electron chi connectivity index (χ0n) is 9.66. The van der Waals surface area contributed by atoms with Crippen molar-refractivity contribution in [1.82, 2.24) is 5.32 Å². The van der Waals surface area contributed by atoms with E-state index < -0.39 is 5.60 Å². The highest BCUT2D eigenvalue weighted by molar-refractivity contribution is 7.17. The van der Waals surface area contributed by atoms with E-state index in [9.17, 15) is 5.11 Å². The molecule has 0 aliphatic rings. The molecule has 86 valence electrons. The molecule has 1 unspecified atom stereocenters. The van der Waals surface area contributed by atoms with Gasteiger partial charge in [-0.3, -0.25) is 0 Å². The molecule has 1 atom stereocenters. The van der Waals surface area contributed by atoms with Crippen molar-refractivity contribution in [3.63, 3.8) is 0 Å². The molecule has 0 radical (unpaired) electrons. The summed E-state index contributed by atoms with van der Waals surface area (Å²) in [6.07, 6.45) is 0. The van der Waals surface area contributed by atoms with Crippen LogP contribution in [0.25, 0.3) is 10.1 Å². The molecule has 0 bridgehead atoms. The number of thiophene rings is 1. The van der Waals surface area contributed by atoms with Gasteiger partial charge in [-0.25, -0.2) is 0 Å². The monoisotopic (exact) mass is 235 g/mol. The van der Waals surface area contributed by atoms with Crippen LogP contribution in [-0.2, 0) is 5.60 Å². The van der Waals surface area contributed by atoms with Gasteiger partial charge in [0.25, 0.3) is 0 Å². The molecule has 0 fully saturated rings. The molecule has 1 aromatic carbocycles. The molecule has 16 heavy (non-hydrogen) atoms. The highest BCUT2D eigenvalue weighted by atomic mass is 32.1. The number of likely N-dealkylation sites (N-methyl/N-ethyl adjacent to an activating group) is 1. The van der Waals surface area contributed by atoms with Gasteiger partial charge in [-0.2, -0.15) is 0 Å². The van der Waals surface area contributed by atoms with Gasteiger partial charge in [-0.1, -0.05) is 19.1 Å². The van der Waals surface area contributed by atoms with Gasteiger partial charge >= 0.3 is 0 Å². The Bertz CT molecular complexity index is 475. The lowest BCUT2D eigenvalue weighted by atomic mass is 9.95. The number of fused-ring (bicyclic) bond motifs is 1. The number of benzene rings is 1. The average molecular weight is 235 g/mol. The van der Waals surface area contributed by atoms with Crippen LogP contribution in [0.3, 0.4) is 0 Å². The number of nitrogens with one attached hydrogen (secondary N) is 1. The van der Waals surface area contributed by atoms with Gasteiger partial charge in [-0.15, -0.1) is 11.3 Å². The normalized spacial score (nSPS) is 15.2. The van der Waals surface area contributed by atoms with Crippen molar-refractivity contribution >= 4 is 21.4 Å². The fraction of sp³-hybridized carbons (Fsp3) is 0.385. The van der Waals surface area contributed by atoms with Gasteiger partial charge < -0.3 is 10.4 Å². The van der Waals surface area contributed by atoms with Crippen molar-refractivity contribution < 1.29 is 5.11 Å². The second-order valence-electron chi connectivity index (χ2n) is 4.23. The first-order valence-electron chi connectivity index (χ1n) is 5.54. The van der Waals surface area contributed by atoms with Crippen LogP contribution in [0.2, 0.25) is 0 Å². The fourth-order valence-corrected chi connectivity index (χ4v) is 2.59. The summed E-state index contributed by atoms with van der Waals surface area (Å²) in [4.78, 5) is 0. The molecule has 1 aromatic heterocycles. The average Bonchev–Trinajstić information content (AvgIpc) is 2.73. The summed E-state index contributed by atoms with van der Waals surface area (Å²) in [5.41, 5.74) is 0.178. The standard InChI is InChI=1S/C13H17NOS/c1-3-14-9-13(2,15)11-5-4-10-6-7-16-12(10)8-11/h4-8,14-15H,3,9H2,1-2H3. The lowest BCUT2D eigenvalue weighted by molar-refractivity contribution is 0.0577. The maximum absolute atomic E-state index is 10.4. The van der Waals surface area contributed by atoms with Gasteiger partial charge in [0.05, 0.1) is 5.60 Å². The molecule has 0 aliphatic carbocycles. The highest BCUT2D eigenvalue weighted by Crippen LogP contribution is 2.27. The number of aliphatic hydroxyl groups is 1. The first-order valence-corrected chi connectivity index (χ1v) is 6.42. The van der Waals surface area contributed by atoms with Crippen LogP contribution in [0.4, 0.5) is 0 Å². The molecule has 2 rings (SSSR count). The third-order valence-corrected chi connectivity index (χ3v) is 3.68. The van der Waals surface area contributed by atoms with Crippen LogP contribution in [0.1, 0.15) is 19.4 Å². The van der Waals surface area contributed by atoms with Crippen LogP contribution in [-0.4, -0.2) is 18.2 Å². The molecule has 2 nitrogen and oxygen atoms in total. The third kappa shape index (κ3) is 2.26. The lowest BCUT2D eigenvalue weighted by Crippen LogP contribution is -2.35. The van der Waals surface area contributed by atoms with Crippen LogP contribution in [0.15, 0.2) is 29.6 Å². The Balaban J connectivity index is 2.30. The van der Waals surface area contributed by atoms with E-state index in [0.717, 1.165) is 12.1 Å². The summed E-state index contributed by atoms with van der Waals surface area (Å²) in [6.45, 7) is 5.35. The zero-order chi connectivity index (χ0) is 11.6. The second kappa shape index (κ2) is 4.53. The van der Waals surface area contributed by atoms with Crippen molar-refractivity contribution in [2.45, 2.75) is 19.4 Å². The topological polar surface area (TPSA) is 32.3 Å². The molecule has 0 saturated heterocycles. The molecule has 2 N–H and O–H groups in total. The zero-order valence-corrected chi connectivity index (χ0v) is 10.5. The van der Waals surface area contributed by atoms with Gasteiger partial charge in [0, 0.05) is 11.2 Å². The maximum atomic E-state index is 10.4. The molecule has 0 saturated carbocycles. The minimum atomic E-state index is -0.797. The molecule has 0 spiro atoms. The third-order valence-electron chi connectivity index (χ3n) is 2.80. The van der Waals surface area contributed by atoms with Crippen LogP contribution in [0, 0.1) is 0 Å². The van der Waals surface area contributed by atoms with Gasteiger partial charge in [0.2, 0.25) is 0 Å². The Morgan fingerprint density at radius 2 is 2.19 bits per heavy atom. The quantitative estimate of drug-likeness (QED) is 0.854. The van der Waals surface area contributed by atoms with E-state index in [0.29, 0.717) is 6.54 Å². The minimum Gasteiger partial charge on any atom is -0.384 e. The first kappa shape index (κ1) is 11.6. The summed E-state index contributed by atoms with van der Waals surface area (Å²) < 4.78 is 1.23. The highest BCUT2D eigenvalue weighted by Gasteiger charge is 2.22. The second-order valence-corrected chi connectivity index (χ2v) is 5.18. The molecule has 0 aliphatic heterocycles. The summed E-state index contributed by atoms with van der Waals surface area (Å²) in [6, 6.07) is 8.26. The number of hydrogen-bond acceptors (Lipinski definition) is 3. The molecule has 3 heteroatoms. The molecular formula is C13H17NOS. The SMILES string of the molecule is CCNCC(C)(O)c1ccc2ccsc2c1. The molecule has 0 amide bonds. The van der Waals surface area contributed by atoms with Crippen molar-refractivity contribution in [2.24, 2.45) is 0 Å². The fourth-order valence-electron chi connectivity index (χ4n) is 1.76. The largest absolute Gasteiger partial charge is 0.384 e. The number of hydrogen-bond donors (Lipinski definition) is 2. The summed E-state index contributed by atoms with van der Waals surface area (Å²) in [7, 11) is 0. The van der Waals surface area contributed by atoms with E-state index in [4.69, 9.17) is 0 Å². The summed E-state index contributed by atoms with van der Waals surface area (Å²) in [5, 5.41) is 16.9. The van der Waals surface area contributed by atoms with Crippen molar-refractivity contribution in [2.75, 3.05) is 13.1 Å². The first-order chi connectivity index (χ1) is 7.63. The van der Waals surface area contributed by atoms with E-state index in [1.54, 1.807) is 11.3 Å². The van der Waals surface area contributed by atoms with Crippen LogP contribution >= 0.6 is 11.3 Å². The van der Waals surface area contributed by atoms with E-state index in [2.05, 4.69) is 28.9 Å². The number of rotatable bonds is 4. The van der Waals surface area contributed by atoms with E-state index >= 15 is 0 Å². The van der Waals surface area contributed by atoms with Crippen LogP contribution in [0.5, 0.6) is 0 Å². The smallest absolute Gasteiger partial charge is 0.0992 e. The van der Waals surface area contributed by atoms with E-state index in [1.165, 1.54) is 10.1 Å². The van der Waals surface area contributed by atoms with Crippen LogP contribution < -0.4 is 5.32 Å². The Labute approximate surface area is 99.9 Å². The molecule has 2 aromatic rings. The predicted octanol–water partition coefficient (Wildman–Crippen LogP) is 2.72. The minimum absolute atomic E-state index is 0.584. The Morgan fingerprint density at radius 3 is 2.94 bits per heavy atom. The Kier molecular flexibility index (Phi) is 3.28. The summed E-state index contributed by atoms with van der Waals surface area (Å²) >= 11 is 1.71. The predicted molar refractivity (Wildman–Crippen MR) is 69.9 cm³/mol. The van der Waals surface area contributed by atoms with Gasteiger partial charge in [0.15, 0.2) is 0 Å². The lowest BCUT2D eigenvalue weighted by Gasteiger charge is -2.24. The Morgan fingerprint density at radius 1 is 1.38 bits per heavy atom. The van der Waals surface area contributed by atoms with Crippen molar-refractivity contribution in [3.8, 4) is 0 Å². The van der Waals surface area contributed by atoms with Gasteiger partial charge in [-0.05, 0) is 41.9 Å². The molecule has 1 heterocycles. The van der Waals surface area contributed by atoms with Gasteiger partial charge in [0.1, 0.15) is 0 Å². The summed E-state index contributed by atoms with van der Waals surface area (Å²) in [5.74, 6) is 0. The van der Waals surface area contributed by atoms with E-state index in [-0.39, 0.29) is 0 Å². The van der Waals surface area contributed by atoms with E-state index in [1.807, 2.05) is 19.9 Å².